The number of carbonyl (C=O) groups excluding carboxylic acids is 1. The maximum Gasteiger partial charge on any atom is 0.275 e. The lowest BCUT2D eigenvalue weighted by Gasteiger charge is -2.37. The van der Waals surface area contributed by atoms with Crippen LogP contribution in [0.5, 0.6) is 0 Å². The Balaban J connectivity index is 1.34. The van der Waals surface area contributed by atoms with Crippen LogP contribution in [0.1, 0.15) is 37.7 Å². The second-order valence-electron chi connectivity index (χ2n) is 6.68. The van der Waals surface area contributed by atoms with Gasteiger partial charge in [-0.25, -0.2) is 5.06 Å². The molecule has 0 radical (unpaired) electrons. The fourth-order valence-corrected chi connectivity index (χ4v) is 4.60. The summed E-state index contributed by atoms with van der Waals surface area (Å²) in [6.45, 7) is 3.42. The van der Waals surface area contributed by atoms with Crippen LogP contribution in [0.2, 0.25) is 0 Å². The van der Waals surface area contributed by atoms with Crippen LogP contribution >= 0.6 is 11.3 Å². The summed E-state index contributed by atoms with van der Waals surface area (Å²) in [7, 11) is 0. The molecular weight excluding hydrogens is 312 g/mol. The minimum atomic E-state index is -0.310. The number of carbonyl (C=O) groups is 1. The molecule has 1 amide bonds. The zero-order chi connectivity index (χ0) is 15.6. The van der Waals surface area contributed by atoms with Gasteiger partial charge in [-0.2, -0.15) is 11.3 Å². The summed E-state index contributed by atoms with van der Waals surface area (Å²) in [6, 6.07) is 2.66. The molecule has 0 bridgehead atoms. The predicted octanol–water partition coefficient (Wildman–Crippen LogP) is 2.42. The van der Waals surface area contributed by atoms with Gasteiger partial charge < -0.3 is 4.74 Å². The number of thiophene rings is 1. The van der Waals surface area contributed by atoms with E-state index < -0.39 is 0 Å². The van der Waals surface area contributed by atoms with Gasteiger partial charge in [0.05, 0.1) is 12.7 Å². The summed E-state index contributed by atoms with van der Waals surface area (Å²) in [5, 5.41) is 5.89. The molecular formula is C17H24N2O3S. The molecule has 6 heteroatoms. The highest BCUT2D eigenvalue weighted by molar-refractivity contribution is 7.07. The van der Waals surface area contributed by atoms with E-state index in [9.17, 15) is 4.79 Å². The molecule has 3 atom stereocenters. The smallest absolute Gasteiger partial charge is 0.275 e. The van der Waals surface area contributed by atoms with Crippen molar-refractivity contribution >= 4 is 17.2 Å². The van der Waals surface area contributed by atoms with Crippen LogP contribution in [0, 0.1) is 0 Å². The first-order chi connectivity index (χ1) is 11.3. The fraction of sp³-hybridized carbons (Fsp3) is 0.706. The van der Waals surface area contributed by atoms with Crippen molar-refractivity contribution in [2.45, 2.75) is 56.9 Å². The van der Waals surface area contributed by atoms with E-state index in [-0.39, 0.29) is 18.1 Å². The Bertz CT molecular complexity index is 530. The highest BCUT2D eigenvalue weighted by Crippen LogP contribution is 2.33. The van der Waals surface area contributed by atoms with Crippen molar-refractivity contribution in [1.82, 2.24) is 9.96 Å². The number of rotatable bonds is 3. The van der Waals surface area contributed by atoms with E-state index in [4.69, 9.17) is 9.57 Å². The van der Waals surface area contributed by atoms with Crippen LogP contribution < -0.4 is 0 Å². The Hall–Kier alpha value is -0.950. The summed E-state index contributed by atoms with van der Waals surface area (Å²) in [6.07, 6.45) is 4.83. The molecule has 0 spiro atoms. The SMILES string of the molecule is O=C([C@@H]1CC[C@@H]2[C@@H](CCN2Cc2ccsc2)O1)N1CCCCO1. The lowest BCUT2D eigenvalue weighted by Crippen LogP contribution is -2.49. The average molecular weight is 336 g/mol. The lowest BCUT2D eigenvalue weighted by atomic mass is 9.98. The Morgan fingerprint density at radius 1 is 1.26 bits per heavy atom. The Morgan fingerprint density at radius 2 is 2.22 bits per heavy atom. The molecule has 4 heterocycles. The van der Waals surface area contributed by atoms with E-state index >= 15 is 0 Å². The number of fused-ring (bicyclic) bond motifs is 1. The molecule has 0 aromatic carbocycles. The second kappa shape index (κ2) is 6.89. The van der Waals surface area contributed by atoms with Crippen molar-refractivity contribution in [3.63, 3.8) is 0 Å². The number of hydrogen-bond donors (Lipinski definition) is 0. The van der Waals surface area contributed by atoms with Gasteiger partial charge in [0.15, 0.2) is 0 Å². The van der Waals surface area contributed by atoms with Crippen LogP contribution in [-0.2, 0) is 20.9 Å². The molecule has 1 aromatic heterocycles. The molecule has 0 saturated carbocycles. The zero-order valence-corrected chi connectivity index (χ0v) is 14.2. The van der Waals surface area contributed by atoms with Crippen LogP contribution in [0.25, 0.3) is 0 Å². The second-order valence-corrected chi connectivity index (χ2v) is 7.46. The summed E-state index contributed by atoms with van der Waals surface area (Å²) in [5.41, 5.74) is 1.38. The van der Waals surface area contributed by atoms with Gasteiger partial charge in [0.25, 0.3) is 5.91 Å². The van der Waals surface area contributed by atoms with Crippen molar-refractivity contribution in [2.24, 2.45) is 0 Å². The molecule has 3 aliphatic rings. The summed E-state index contributed by atoms with van der Waals surface area (Å²) < 4.78 is 6.16. The van der Waals surface area contributed by atoms with Gasteiger partial charge in [0, 0.05) is 25.7 Å². The van der Waals surface area contributed by atoms with Gasteiger partial charge in [0.2, 0.25) is 0 Å². The topological polar surface area (TPSA) is 42.0 Å². The third-order valence-electron chi connectivity index (χ3n) is 5.15. The minimum absolute atomic E-state index is 0.0273. The number of nitrogens with zero attached hydrogens (tertiary/aromatic N) is 2. The van der Waals surface area contributed by atoms with Gasteiger partial charge in [0.1, 0.15) is 6.10 Å². The molecule has 1 aromatic rings. The number of hydroxylamine groups is 2. The number of amides is 1. The van der Waals surface area contributed by atoms with Crippen LogP contribution in [0.15, 0.2) is 16.8 Å². The molecule has 3 fully saturated rings. The van der Waals surface area contributed by atoms with Gasteiger partial charge in [-0.1, -0.05) is 0 Å². The molecule has 3 aliphatic heterocycles. The molecule has 5 nitrogen and oxygen atoms in total. The molecule has 126 valence electrons. The average Bonchev–Trinajstić information content (AvgIpc) is 3.25. The number of ether oxygens (including phenoxy) is 1. The molecule has 0 N–H and O–H groups in total. The molecule has 23 heavy (non-hydrogen) atoms. The highest BCUT2D eigenvalue weighted by atomic mass is 32.1. The van der Waals surface area contributed by atoms with Gasteiger partial charge >= 0.3 is 0 Å². The molecule has 0 unspecified atom stereocenters. The van der Waals surface area contributed by atoms with Crippen LogP contribution in [-0.4, -0.2) is 53.8 Å². The Morgan fingerprint density at radius 3 is 3.00 bits per heavy atom. The van der Waals surface area contributed by atoms with Crippen molar-refractivity contribution in [3.05, 3.63) is 22.4 Å². The van der Waals surface area contributed by atoms with E-state index in [0.29, 0.717) is 19.2 Å². The first-order valence-corrected chi connectivity index (χ1v) is 9.60. The zero-order valence-electron chi connectivity index (χ0n) is 13.4. The van der Waals surface area contributed by atoms with E-state index in [1.54, 1.807) is 11.3 Å². The van der Waals surface area contributed by atoms with Crippen LogP contribution in [0.3, 0.4) is 0 Å². The molecule has 4 rings (SSSR count). The van der Waals surface area contributed by atoms with Crippen molar-refractivity contribution in [2.75, 3.05) is 19.7 Å². The third-order valence-corrected chi connectivity index (χ3v) is 5.88. The first kappa shape index (κ1) is 15.6. The Kier molecular flexibility index (Phi) is 4.66. The number of hydrogen-bond acceptors (Lipinski definition) is 5. The quantitative estimate of drug-likeness (QED) is 0.850. The summed E-state index contributed by atoms with van der Waals surface area (Å²) in [5.74, 6) is 0.0273. The standard InChI is InChI=1S/C17H24N2O3S/c20-17(19-7-1-2-9-21-19)16-4-3-14-15(22-16)5-8-18(14)11-13-6-10-23-12-13/h6,10,12,14-16H,1-5,7-9,11H2/t14-,15-,16+/m1/s1. The van der Waals surface area contributed by atoms with E-state index in [1.807, 2.05) is 0 Å². The van der Waals surface area contributed by atoms with Crippen molar-refractivity contribution < 1.29 is 14.4 Å². The lowest BCUT2D eigenvalue weighted by molar-refractivity contribution is -0.213. The fourth-order valence-electron chi connectivity index (χ4n) is 3.94. The molecule has 3 saturated heterocycles. The minimum Gasteiger partial charge on any atom is -0.363 e. The van der Waals surface area contributed by atoms with Gasteiger partial charge in [-0.05, 0) is 54.5 Å². The van der Waals surface area contributed by atoms with Crippen molar-refractivity contribution in [3.8, 4) is 0 Å². The monoisotopic (exact) mass is 336 g/mol. The largest absolute Gasteiger partial charge is 0.363 e. The van der Waals surface area contributed by atoms with E-state index in [1.165, 1.54) is 10.6 Å². The Labute approximate surface area is 141 Å². The van der Waals surface area contributed by atoms with Crippen LogP contribution in [0.4, 0.5) is 0 Å². The highest BCUT2D eigenvalue weighted by Gasteiger charge is 2.42. The summed E-state index contributed by atoms with van der Waals surface area (Å²) >= 11 is 1.75. The van der Waals surface area contributed by atoms with Crippen molar-refractivity contribution in [1.29, 1.82) is 0 Å². The molecule has 0 aliphatic carbocycles. The third kappa shape index (κ3) is 3.31. The first-order valence-electron chi connectivity index (χ1n) is 8.66. The normalized spacial score (nSPS) is 32.0. The van der Waals surface area contributed by atoms with Gasteiger partial charge in [-0.15, -0.1) is 0 Å². The maximum atomic E-state index is 12.5. The number of likely N-dealkylation sites (tertiary alicyclic amines) is 1. The summed E-state index contributed by atoms with van der Waals surface area (Å²) in [4.78, 5) is 20.6. The van der Waals surface area contributed by atoms with Gasteiger partial charge in [-0.3, -0.25) is 14.5 Å². The van der Waals surface area contributed by atoms with E-state index in [0.717, 1.165) is 45.2 Å². The maximum absolute atomic E-state index is 12.5. The van der Waals surface area contributed by atoms with E-state index in [2.05, 4.69) is 21.7 Å². The predicted molar refractivity (Wildman–Crippen MR) is 87.9 cm³/mol.